The minimum absolute atomic E-state index is 0.0491. The summed E-state index contributed by atoms with van der Waals surface area (Å²) in [5.74, 6) is -0.274. The van der Waals surface area contributed by atoms with Crippen LogP contribution in [0, 0.1) is 5.92 Å². The first-order valence-corrected chi connectivity index (χ1v) is 8.37. The van der Waals surface area contributed by atoms with Gasteiger partial charge in [0.05, 0.1) is 30.9 Å². The first kappa shape index (κ1) is 15.8. The maximum absolute atomic E-state index is 12.9. The predicted octanol–water partition coefficient (Wildman–Crippen LogP) is 0.801. The summed E-state index contributed by atoms with van der Waals surface area (Å²) in [6.07, 6.45) is 3.57. The number of hydrogen-bond acceptors (Lipinski definition) is 4. The first-order chi connectivity index (χ1) is 12.1. The molecule has 0 spiro atoms. The normalized spacial score (nSPS) is 23.5. The van der Waals surface area contributed by atoms with E-state index in [0.717, 1.165) is 5.69 Å². The van der Waals surface area contributed by atoms with Crippen LogP contribution in [0.25, 0.3) is 5.69 Å². The Balaban J connectivity index is 1.55. The predicted molar refractivity (Wildman–Crippen MR) is 90.3 cm³/mol. The van der Waals surface area contributed by atoms with Gasteiger partial charge in [-0.05, 0) is 30.3 Å². The largest absolute Gasteiger partial charge is 0.378 e. The van der Waals surface area contributed by atoms with Crippen molar-refractivity contribution in [2.75, 3.05) is 33.4 Å². The highest BCUT2D eigenvalue weighted by atomic mass is 16.5. The van der Waals surface area contributed by atoms with E-state index in [9.17, 15) is 9.59 Å². The lowest BCUT2D eigenvalue weighted by Crippen LogP contribution is -2.45. The summed E-state index contributed by atoms with van der Waals surface area (Å²) in [6, 6.07) is 9.13. The van der Waals surface area contributed by atoms with Gasteiger partial charge in [0.15, 0.2) is 0 Å². The van der Waals surface area contributed by atoms with Crippen LogP contribution in [0.2, 0.25) is 0 Å². The Morgan fingerprint density at radius 2 is 2.00 bits per heavy atom. The third-order valence-corrected chi connectivity index (χ3v) is 4.92. The minimum Gasteiger partial charge on any atom is -0.378 e. The van der Waals surface area contributed by atoms with Gasteiger partial charge in [0.2, 0.25) is 5.91 Å². The van der Waals surface area contributed by atoms with Crippen LogP contribution in [0.5, 0.6) is 0 Å². The van der Waals surface area contributed by atoms with Gasteiger partial charge in [-0.2, -0.15) is 5.10 Å². The number of aromatic nitrogens is 2. The smallest absolute Gasteiger partial charge is 0.253 e. The average Bonchev–Trinajstić information content (AvgIpc) is 3.08. The van der Waals surface area contributed by atoms with Gasteiger partial charge >= 0.3 is 0 Å². The van der Waals surface area contributed by atoms with Crippen molar-refractivity contribution in [1.82, 2.24) is 19.6 Å². The van der Waals surface area contributed by atoms with Gasteiger partial charge in [-0.3, -0.25) is 9.59 Å². The zero-order valence-corrected chi connectivity index (χ0v) is 14.0. The molecule has 2 bridgehead atoms. The maximum atomic E-state index is 12.9. The third kappa shape index (κ3) is 2.91. The quantitative estimate of drug-likeness (QED) is 0.811. The molecular formula is C18H20N4O3. The Kier molecular flexibility index (Phi) is 4.01. The molecule has 2 fully saturated rings. The molecule has 2 aliphatic heterocycles. The molecule has 4 rings (SSSR count). The van der Waals surface area contributed by atoms with Gasteiger partial charge < -0.3 is 14.5 Å². The monoisotopic (exact) mass is 340 g/mol. The number of rotatable bonds is 2. The number of nitrogens with zero attached hydrogens (tertiary/aromatic N) is 4. The summed E-state index contributed by atoms with van der Waals surface area (Å²) in [7, 11) is 1.79. The SMILES string of the molecule is CN1C(=O)[C@H]2COC[C@@H]1CN(C(=O)c1ccc(-n3cccn3)cc1)C2. The summed E-state index contributed by atoms with van der Waals surface area (Å²) in [5.41, 5.74) is 1.52. The van der Waals surface area contributed by atoms with E-state index < -0.39 is 0 Å². The van der Waals surface area contributed by atoms with E-state index in [1.807, 2.05) is 36.5 Å². The van der Waals surface area contributed by atoms with E-state index in [0.29, 0.717) is 31.9 Å². The number of benzene rings is 1. The number of amides is 2. The number of likely N-dealkylation sites (N-methyl/N-ethyl adjacent to an activating group) is 1. The highest BCUT2D eigenvalue weighted by Gasteiger charge is 2.38. The standard InChI is InChI=1S/C18H20N4O3/c1-20-16-10-21(9-14(17(20)23)11-25-12-16)18(24)13-3-5-15(6-4-13)22-8-2-7-19-22/h2-8,14,16H,9-12H2,1H3/t14-,16+/m1/s1. The van der Waals surface area contributed by atoms with Gasteiger partial charge in [-0.25, -0.2) is 4.68 Å². The Morgan fingerprint density at radius 3 is 2.72 bits per heavy atom. The van der Waals surface area contributed by atoms with Crippen LogP contribution >= 0.6 is 0 Å². The second-order valence-electron chi connectivity index (χ2n) is 6.54. The second-order valence-corrected chi connectivity index (χ2v) is 6.54. The fourth-order valence-electron chi connectivity index (χ4n) is 3.42. The van der Waals surface area contributed by atoms with Crippen molar-refractivity contribution < 1.29 is 14.3 Å². The molecule has 130 valence electrons. The summed E-state index contributed by atoms with van der Waals surface area (Å²) < 4.78 is 7.33. The van der Waals surface area contributed by atoms with Gasteiger partial charge in [-0.1, -0.05) is 0 Å². The molecule has 7 nitrogen and oxygen atoms in total. The lowest BCUT2D eigenvalue weighted by molar-refractivity contribution is -0.133. The summed E-state index contributed by atoms with van der Waals surface area (Å²) >= 11 is 0. The van der Waals surface area contributed by atoms with Crippen LogP contribution in [0.4, 0.5) is 0 Å². The van der Waals surface area contributed by atoms with Crippen molar-refractivity contribution in [3.8, 4) is 5.69 Å². The second kappa shape index (κ2) is 6.33. The van der Waals surface area contributed by atoms with E-state index in [1.54, 1.807) is 27.7 Å². The topological polar surface area (TPSA) is 67.7 Å². The maximum Gasteiger partial charge on any atom is 0.253 e. The minimum atomic E-state index is -0.287. The molecule has 3 heterocycles. The Labute approximate surface area is 145 Å². The van der Waals surface area contributed by atoms with Crippen LogP contribution in [0.1, 0.15) is 10.4 Å². The van der Waals surface area contributed by atoms with Crippen LogP contribution in [-0.2, 0) is 9.53 Å². The lowest BCUT2D eigenvalue weighted by atomic mass is 10.1. The number of hydrogen-bond donors (Lipinski definition) is 0. The van der Waals surface area contributed by atoms with Crippen molar-refractivity contribution in [1.29, 1.82) is 0 Å². The molecule has 7 heteroatoms. The van der Waals surface area contributed by atoms with E-state index in [-0.39, 0.29) is 23.8 Å². The Hall–Kier alpha value is -2.67. The van der Waals surface area contributed by atoms with E-state index >= 15 is 0 Å². The number of fused-ring (bicyclic) bond motifs is 3. The molecule has 0 unspecified atom stereocenters. The molecule has 1 aromatic heterocycles. The van der Waals surface area contributed by atoms with Gasteiger partial charge in [0.25, 0.3) is 5.91 Å². The van der Waals surface area contributed by atoms with Crippen LogP contribution in [0.15, 0.2) is 42.7 Å². The molecule has 2 aromatic rings. The number of carbonyl (C=O) groups excluding carboxylic acids is 2. The van der Waals surface area contributed by atoms with Gasteiger partial charge in [0.1, 0.15) is 0 Å². The molecule has 0 saturated carbocycles. The highest BCUT2D eigenvalue weighted by Crippen LogP contribution is 2.21. The summed E-state index contributed by atoms with van der Waals surface area (Å²) in [4.78, 5) is 28.8. The molecule has 0 N–H and O–H groups in total. The van der Waals surface area contributed by atoms with E-state index in [1.165, 1.54) is 0 Å². The lowest BCUT2D eigenvalue weighted by Gasteiger charge is -2.29. The van der Waals surface area contributed by atoms with Crippen molar-refractivity contribution in [3.05, 3.63) is 48.3 Å². The fraction of sp³-hybridized carbons (Fsp3) is 0.389. The highest BCUT2D eigenvalue weighted by molar-refractivity contribution is 5.95. The van der Waals surface area contributed by atoms with Crippen LogP contribution in [0.3, 0.4) is 0 Å². The van der Waals surface area contributed by atoms with E-state index in [2.05, 4.69) is 5.10 Å². The third-order valence-electron chi connectivity index (χ3n) is 4.92. The van der Waals surface area contributed by atoms with E-state index in [4.69, 9.17) is 4.74 Å². The molecule has 0 aliphatic carbocycles. The molecular weight excluding hydrogens is 320 g/mol. The van der Waals surface area contributed by atoms with Crippen LogP contribution in [-0.4, -0.2) is 70.8 Å². The van der Waals surface area contributed by atoms with Gasteiger partial charge in [0, 0.05) is 38.1 Å². The first-order valence-electron chi connectivity index (χ1n) is 8.37. The average molecular weight is 340 g/mol. The van der Waals surface area contributed by atoms with Crippen molar-refractivity contribution >= 4 is 11.8 Å². The molecule has 2 aliphatic rings. The molecule has 25 heavy (non-hydrogen) atoms. The van der Waals surface area contributed by atoms with Crippen LogP contribution < -0.4 is 0 Å². The summed E-state index contributed by atoms with van der Waals surface area (Å²) in [5, 5.41) is 4.18. The van der Waals surface area contributed by atoms with Crippen molar-refractivity contribution in [2.24, 2.45) is 5.92 Å². The molecule has 2 amide bonds. The Morgan fingerprint density at radius 1 is 1.20 bits per heavy atom. The Bertz CT molecular complexity index is 772. The zero-order chi connectivity index (χ0) is 17.4. The number of carbonyl (C=O) groups is 2. The zero-order valence-electron chi connectivity index (χ0n) is 14.0. The molecule has 0 radical (unpaired) electrons. The molecule has 2 saturated heterocycles. The fourth-order valence-corrected chi connectivity index (χ4v) is 3.42. The molecule has 1 aromatic carbocycles. The summed E-state index contributed by atoms with van der Waals surface area (Å²) in [6.45, 7) is 1.75. The molecule has 2 atom stereocenters. The van der Waals surface area contributed by atoms with Crippen molar-refractivity contribution in [2.45, 2.75) is 6.04 Å². The number of ether oxygens (including phenoxy) is 1. The van der Waals surface area contributed by atoms with Gasteiger partial charge in [-0.15, -0.1) is 0 Å². The van der Waals surface area contributed by atoms with Crippen molar-refractivity contribution in [3.63, 3.8) is 0 Å².